The third-order valence-electron chi connectivity index (χ3n) is 4.53. The smallest absolute Gasteiger partial charge is 0.290 e. The van der Waals surface area contributed by atoms with Gasteiger partial charge in [0.2, 0.25) is 5.78 Å². The van der Waals surface area contributed by atoms with Crippen molar-refractivity contribution in [3.8, 4) is 0 Å². The predicted molar refractivity (Wildman–Crippen MR) is 98.9 cm³/mol. The van der Waals surface area contributed by atoms with Crippen molar-refractivity contribution < 1.29 is 19.1 Å². The lowest BCUT2D eigenvalue weighted by Crippen LogP contribution is -2.39. The van der Waals surface area contributed by atoms with E-state index in [0.717, 1.165) is 31.4 Å². The molecule has 0 aliphatic carbocycles. The van der Waals surface area contributed by atoms with Gasteiger partial charge >= 0.3 is 0 Å². The highest BCUT2D eigenvalue weighted by Crippen LogP contribution is 2.23. The van der Waals surface area contributed by atoms with Crippen molar-refractivity contribution in [2.75, 3.05) is 20.8 Å². The normalized spacial score (nSPS) is 18.6. The Kier molecular flexibility index (Phi) is 9.03. The third kappa shape index (κ3) is 5.48. The number of likely N-dealkylation sites (tertiary alicyclic amines) is 1. The fraction of sp³-hybridized carbons (Fsp3) is 0.600. The summed E-state index contributed by atoms with van der Waals surface area (Å²) in [6.45, 7) is 8.52. The molecule has 0 saturated carbocycles. The highest BCUT2D eigenvalue weighted by molar-refractivity contribution is 6.36. The average Bonchev–Trinajstić information content (AvgIpc) is 3.08. The van der Waals surface area contributed by atoms with Gasteiger partial charge in [-0.2, -0.15) is 0 Å². The van der Waals surface area contributed by atoms with Crippen LogP contribution in [0.3, 0.4) is 0 Å². The number of amides is 1. The highest BCUT2D eigenvalue weighted by Gasteiger charge is 2.31. The summed E-state index contributed by atoms with van der Waals surface area (Å²) in [5, 5.41) is 0. The molecule has 0 bridgehead atoms. The second-order valence-electron chi connectivity index (χ2n) is 6.08. The third-order valence-corrected chi connectivity index (χ3v) is 4.53. The number of nitrogens with zero attached hydrogens (tertiary/aromatic N) is 1. The van der Waals surface area contributed by atoms with Crippen molar-refractivity contribution in [1.29, 1.82) is 0 Å². The molecule has 0 N–H and O–H groups in total. The average molecular weight is 349 g/mol. The number of ketones is 1. The fourth-order valence-electron chi connectivity index (χ4n) is 3.27. The lowest BCUT2D eigenvalue weighted by atomic mass is 10.1. The van der Waals surface area contributed by atoms with Crippen LogP contribution in [0.2, 0.25) is 0 Å². The second-order valence-corrected chi connectivity index (χ2v) is 6.08. The van der Waals surface area contributed by atoms with Crippen LogP contribution in [0.25, 0.3) is 0 Å². The minimum atomic E-state index is -0.406. The minimum Gasteiger partial charge on any atom is -0.500 e. The standard InChI is InChI=1S/C20H31NO4/c1-6-10-15-11-9-14-21(15)20(23)17(22)12-13-19(25-5)16(7-2)18(8-3)24-4/h7,13,15H,2,6,8-12,14H2,1,3-5H3/b18-16+,19-13+. The molecule has 0 aromatic heterocycles. The van der Waals surface area contributed by atoms with Crippen LogP contribution < -0.4 is 0 Å². The lowest BCUT2D eigenvalue weighted by Gasteiger charge is -2.23. The van der Waals surface area contributed by atoms with Crippen LogP contribution in [0.1, 0.15) is 52.4 Å². The van der Waals surface area contributed by atoms with Crippen molar-refractivity contribution >= 4 is 11.7 Å². The Morgan fingerprint density at radius 3 is 2.48 bits per heavy atom. The first-order valence-corrected chi connectivity index (χ1v) is 9.01. The predicted octanol–water partition coefficient (Wildman–Crippen LogP) is 3.76. The van der Waals surface area contributed by atoms with Crippen molar-refractivity contribution in [3.05, 3.63) is 35.8 Å². The second kappa shape index (κ2) is 10.7. The molecule has 1 amide bonds. The van der Waals surface area contributed by atoms with Crippen LogP contribution in [0.4, 0.5) is 0 Å². The van der Waals surface area contributed by atoms with Crippen LogP contribution >= 0.6 is 0 Å². The van der Waals surface area contributed by atoms with Crippen molar-refractivity contribution in [2.24, 2.45) is 0 Å². The number of allylic oxidation sites excluding steroid dienone is 3. The van der Waals surface area contributed by atoms with E-state index in [-0.39, 0.29) is 18.4 Å². The zero-order valence-corrected chi connectivity index (χ0v) is 16.0. The van der Waals surface area contributed by atoms with Crippen LogP contribution in [0.5, 0.6) is 0 Å². The molecular formula is C20H31NO4. The van der Waals surface area contributed by atoms with Gasteiger partial charge in [-0.3, -0.25) is 9.59 Å². The van der Waals surface area contributed by atoms with Gasteiger partial charge in [-0.25, -0.2) is 0 Å². The maximum Gasteiger partial charge on any atom is 0.290 e. The highest BCUT2D eigenvalue weighted by atomic mass is 16.5. The zero-order chi connectivity index (χ0) is 18.8. The van der Waals surface area contributed by atoms with Crippen LogP contribution in [0.15, 0.2) is 35.8 Å². The van der Waals surface area contributed by atoms with E-state index in [0.29, 0.717) is 24.3 Å². The first-order valence-electron chi connectivity index (χ1n) is 9.01. The van der Waals surface area contributed by atoms with E-state index < -0.39 is 5.78 Å². The minimum absolute atomic E-state index is 0.00933. The van der Waals surface area contributed by atoms with E-state index in [1.54, 1.807) is 24.2 Å². The number of hydrogen-bond acceptors (Lipinski definition) is 4. The summed E-state index contributed by atoms with van der Waals surface area (Å²) < 4.78 is 10.7. The molecule has 0 radical (unpaired) electrons. The quantitative estimate of drug-likeness (QED) is 0.342. The molecule has 0 aromatic rings. The maximum atomic E-state index is 12.5. The molecule has 1 heterocycles. The molecular weight excluding hydrogens is 318 g/mol. The van der Waals surface area contributed by atoms with Gasteiger partial charge in [0.15, 0.2) is 0 Å². The van der Waals surface area contributed by atoms with Crippen molar-refractivity contribution in [2.45, 2.75) is 58.4 Å². The molecule has 1 saturated heterocycles. The van der Waals surface area contributed by atoms with Crippen LogP contribution in [0, 0.1) is 0 Å². The summed E-state index contributed by atoms with van der Waals surface area (Å²) in [5.74, 6) is 0.441. The number of rotatable bonds is 10. The Bertz CT molecular complexity index is 542. The van der Waals surface area contributed by atoms with Gasteiger partial charge < -0.3 is 14.4 Å². The van der Waals surface area contributed by atoms with E-state index in [4.69, 9.17) is 9.47 Å². The Morgan fingerprint density at radius 2 is 1.96 bits per heavy atom. The number of carbonyl (C=O) groups is 2. The molecule has 5 nitrogen and oxygen atoms in total. The number of ether oxygens (including phenoxy) is 2. The Hall–Kier alpha value is -2.04. The van der Waals surface area contributed by atoms with E-state index >= 15 is 0 Å². The van der Waals surface area contributed by atoms with E-state index in [9.17, 15) is 9.59 Å². The lowest BCUT2D eigenvalue weighted by molar-refractivity contribution is -0.144. The maximum absolute atomic E-state index is 12.5. The fourth-order valence-corrected chi connectivity index (χ4v) is 3.27. The van der Waals surface area contributed by atoms with Gasteiger partial charge in [0.05, 0.1) is 19.8 Å². The van der Waals surface area contributed by atoms with Crippen LogP contribution in [-0.2, 0) is 19.1 Å². The number of methoxy groups -OCH3 is 2. The summed E-state index contributed by atoms with van der Waals surface area (Å²) >= 11 is 0. The van der Waals surface area contributed by atoms with Crippen molar-refractivity contribution in [3.63, 3.8) is 0 Å². The molecule has 140 valence electrons. The summed E-state index contributed by atoms with van der Waals surface area (Å²) in [6, 6.07) is 0.205. The van der Waals surface area contributed by atoms with E-state index in [1.165, 1.54) is 7.11 Å². The largest absolute Gasteiger partial charge is 0.500 e. The van der Waals surface area contributed by atoms with Crippen LogP contribution in [-0.4, -0.2) is 43.4 Å². The van der Waals surface area contributed by atoms with Gasteiger partial charge in [-0.15, -0.1) is 0 Å². The summed E-state index contributed by atoms with van der Waals surface area (Å²) in [4.78, 5) is 26.6. The molecule has 1 aliphatic rings. The molecule has 5 heteroatoms. The first kappa shape index (κ1) is 21.0. The zero-order valence-electron chi connectivity index (χ0n) is 16.0. The summed E-state index contributed by atoms with van der Waals surface area (Å²) in [5.41, 5.74) is 0.706. The summed E-state index contributed by atoms with van der Waals surface area (Å²) in [6.07, 6.45) is 7.89. The molecule has 0 aromatic carbocycles. The molecule has 1 aliphatic heterocycles. The molecule has 0 spiro atoms. The number of hydrogen-bond donors (Lipinski definition) is 0. The van der Waals surface area contributed by atoms with Gasteiger partial charge in [0.25, 0.3) is 5.91 Å². The van der Waals surface area contributed by atoms with Gasteiger partial charge in [0.1, 0.15) is 11.5 Å². The van der Waals surface area contributed by atoms with E-state index in [2.05, 4.69) is 13.5 Å². The Balaban J connectivity index is 2.86. The van der Waals surface area contributed by atoms with Gasteiger partial charge in [0, 0.05) is 25.4 Å². The Labute approximate surface area is 151 Å². The summed E-state index contributed by atoms with van der Waals surface area (Å²) in [7, 11) is 3.12. The Morgan fingerprint density at radius 1 is 1.24 bits per heavy atom. The number of Topliss-reactive ketones (excluding diaryl/α,β-unsaturated/α-hetero) is 1. The topological polar surface area (TPSA) is 55.8 Å². The molecule has 25 heavy (non-hydrogen) atoms. The van der Waals surface area contributed by atoms with Crippen molar-refractivity contribution in [1.82, 2.24) is 4.90 Å². The van der Waals surface area contributed by atoms with Gasteiger partial charge in [-0.05, 0) is 25.3 Å². The monoisotopic (exact) mass is 349 g/mol. The SMILES string of the molecule is C=CC(/C(=C\CC(=O)C(=O)N1CCCC1CCC)OC)=C(/CC)OC. The molecule has 1 fully saturated rings. The molecule has 1 unspecified atom stereocenters. The molecule has 1 rings (SSSR count). The number of carbonyl (C=O) groups excluding carboxylic acids is 2. The van der Waals surface area contributed by atoms with E-state index in [1.807, 2.05) is 6.92 Å². The van der Waals surface area contributed by atoms with Gasteiger partial charge in [-0.1, -0.05) is 32.9 Å². The first-order chi connectivity index (χ1) is 12.0. The molecule has 1 atom stereocenters.